The molecule has 0 bridgehead atoms. The van der Waals surface area contributed by atoms with Gasteiger partial charge in [0.05, 0.1) is 5.56 Å². The molecule has 4 rings (SSSR count). The smallest absolute Gasteiger partial charge is 0.335 e. The number of carboxylic acid groups (broad SMARTS) is 1. The third-order valence-corrected chi connectivity index (χ3v) is 6.77. The summed E-state index contributed by atoms with van der Waals surface area (Å²) in [5.74, 6) is -0.167. The van der Waals surface area contributed by atoms with E-state index in [-0.39, 0.29) is 0 Å². The van der Waals surface area contributed by atoms with Crippen LogP contribution >= 0.6 is 0 Å². The fourth-order valence-corrected chi connectivity index (χ4v) is 4.87. The number of nitrogens with one attached hydrogen (secondary N) is 2. The summed E-state index contributed by atoms with van der Waals surface area (Å²) in [6.07, 6.45) is 9.54. The zero-order valence-electron chi connectivity index (χ0n) is 18.4. The minimum Gasteiger partial charge on any atom is -0.478 e. The highest BCUT2D eigenvalue weighted by Gasteiger charge is 2.40. The predicted octanol–water partition coefficient (Wildman–Crippen LogP) is 5.26. The molecule has 0 spiro atoms. The Morgan fingerprint density at radius 3 is 2.48 bits per heavy atom. The van der Waals surface area contributed by atoms with Gasteiger partial charge in [-0.3, -0.25) is 0 Å². The first-order valence-electron chi connectivity index (χ1n) is 11.7. The molecule has 2 saturated carbocycles. The summed E-state index contributed by atoms with van der Waals surface area (Å²) >= 11 is 0. The number of hydrogen-bond acceptors (Lipinski definition) is 3. The van der Waals surface area contributed by atoms with Crippen molar-refractivity contribution >= 4 is 12.0 Å². The van der Waals surface area contributed by atoms with Gasteiger partial charge in [-0.25, -0.2) is 4.79 Å². The van der Waals surface area contributed by atoms with Gasteiger partial charge in [0.2, 0.25) is 0 Å². The Bertz CT molecular complexity index is 900. The molecule has 0 radical (unpaired) electrons. The lowest BCUT2D eigenvalue weighted by Crippen LogP contribution is -2.40. The number of rotatable bonds is 9. The first-order valence-corrected chi connectivity index (χ1v) is 11.7. The van der Waals surface area contributed by atoms with Gasteiger partial charge in [0.15, 0.2) is 0 Å². The standard InChI is InChI=1S/C27H34N2O2/c1-2-21(15-19-7-4-3-5-8-19)25-17-26(25)29-24-13-11-23(12-14-24)28-18-20-9-6-10-22(16-20)27(30)31/h3-10,15-16,23-26,28-29H,2,11-14,17-18H2,1H3,(H,30,31)/b21-15+/t23?,24?,25-,26+/m0/s1. The quantitative estimate of drug-likeness (QED) is 0.520. The third-order valence-electron chi connectivity index (χ3n) is 6.77. The molecule has 164 valence electrons. The fourth-order valence-electron chi connectivity index (χ4n) is 4.87. The van der Waals surface area contributed by atoms with Crippen molar-refractivity contribution in [1.29, 1.82) is 0 Å². The van der Waals surface area contributed by atoms with E-state index in [0.717, 1.165) is 18.5 Å². The van der Waals surface area contributed by atoms with E-state index in [2.05, 4.69) is 54.0 Å². The van der Waals surface area contributed by atoms with E-state index in [9.17, 15) is 4.79 Å². The molecule has 0 heterocycles. The molecule has 2 atom stereocenters. The maximum atomic E-state index is 11.1. The summed E-state index contributed by atoms with van der Waals surface area (Å²) in [6, 6.07) is 19.7. The summed E-state index contributed by atoms with van der Waals surface area (Å²) in [5, 5.41) is 16.7. The third kappa shape index (κ3) is 6.05. The lowest BCUT2D eigenvalue weighted by atomic mass is 9.90. The minimum absolute atomic E-state index is 0.360. The van der Waals surface area contributed by atoms with Crippen LogP contribution in [0, 0.1) is 5.92 Å². The lowest BCUT2D eigenvalue weighted by Gasteiger charge is -2.30. The molecule has 0 aliphatic heterocycles. The van der Waals surface area contributed by atoms with Crippen LogP contribution in [0.25, 0.3) is 6.08 Å². The van der Waals surface area contributed by atoms with Gasteiger partial charge in [-0.1, -0.05) is 61.0 Å². The molecule has 3 N–H and O–H groups in total. The van der Waals surface area contributed by atoms with Crippen LogP contribution in [0.4, 0.5) is 0 Å². The van der Waals surface area contributed by atoms with Gasteiger partial charge >= 0.3 is 5.97 Å². The van der Waals surface area contributed by atoms with Crippen molar-refractivity contribution in [3.63, 3.8) is 0 Å². The molecule has 2 aliphatic carbocycles. The van der Waals surface area contributed by atoms with E-state index in [1.165, 1.54) is 37.7 Å². The van der Waals surface area contributed by atoms with Crippen LogP contribution in [-0.4, -0.2) is 29.2 Å². The predicted molar refractivity (Wildman–Crippen MR) is 126 cm³/mol. The van der Waals surface area contributed by atoms with Crippen molar-refractivity contribution in [2.45, 2.75) is 70.1 Å². The molecule has 0 aromatic heterocycles. The molecule has 2 aromatic rings. The van der Waals surface area contributed by atoms with Crippen molar-refractivity contribution in [3.8, 4) is 0 Å². The second-order valence-corrected chi connectivity index (χ2v) is 9.03. The summed E-state index contributed by atoms with van der Waals surface area (Å²) in [7, 11) is 0. The Kier molecular flexibility index (Phi) is 7.21. The van der Waals surface area contributed by atoms with Gasteiger partial charge in [0.25, 0.3) is 0 Å². The highest BCUT2D eigenvalue weighted by molar-refractivity contribution is 5.87. The van der Waals surface area contributed by atoms with Crippen molar-refractivity contribution in [2.24, 2.45) is 5.92 Å². The summed E-state index contributed by atoms with van der Waals surface area (Å²) < 4.78 is 0. The topological polar surface area (TPSA) is 61.4 Å². The van der Waals surface area contributed by atoms with Gasteiger partial charge in [0, 0.05) is 24.7 Å². The molecule has 2 aromatic carbocycles. The summed E-state index contributed by atoms with van der Waals surface area (Å²) in [5.41, 5.74) is 4.28. The van der Waals surface area contributed by atoms with Crippen molar-refractivity contribution < 1.29 is 9.90 Å². The van der Waals surface area contributed by atoms with Crippen molar-refractivity contribution in [2.75, 3.05) is 0 Å². The lowest BCUT2D eigenvalue weighted by molar-refractivity contribution is 0.0696. The van der Waals surface area contributed by atoms with Crippen LogP contribution < -0.4 is 10.6 Å². The summed E-state index contributed by atoms with van der Waals surface area (Å²) in [6.45, 7) is 3.01. The van der Waals surface area contributed by atoms with Crippen LogP contribution in [0.2, 0.25) is 0 Å². The molecular formula is C27H34N2O2. The molecule has 0 unspecified atom stereocenters. The number of hydrogen-bond donors (Lipinski definition) is 3. The van der Waals surface area contributed by atoms with Crippen LogP contribution in [0.15, 0.2) is 60.2 Å². The fraction of sp³-hybridized carbons (Fsp3) is 0.444. The Hall–Kier alpha value is -2.43. The van der Waals surface area contributed by atoms with Crippen molar-refractivity contribution in [3.05, 3.63) is 76.9 Å². The number of benzene rings is 2. The highest BCUT2D eigenvalue weighted by atomic mass is 16.4. The summed E-state index contributed by atoms with van der Waals surface area (Å²) in [4.78, 5) is 11.1. The van der Waals surface area contributed by atoms with E-state index in [0.29, 0.717) is 29.6 Å². The van der Waals surface area contributed by atoms with Gasteiger partial charge in [0.1, 0.15) is 0 Å². The second kappa shape index (κ2) is 10.3. The zero-order chi connectivity index (χ0) is 21.6. The maximum absolute atomic E-state index is 11.1. The van der Waals surface area contributed by atoms with Gasteiger partial charge in [-0.05, 0) is 67.7 Å². The molecule has 4 nitrogen and oxygen atoms in total. The Morgan fingerprint density at radius 2 is 1.77 bits per heavy atom. The number of aromatic carboxylic acids is 1. The zero-order valence-corrected chi connectivity index (χ0v) is 18.4. The molecule has 2 fully saturated rings. The van der Waals surface area contributed by atoms with Gasteiger partial charge in [-0.15, -0.1) is 0 Å². The first-order chi connectivity index (χ1) is 15.1. The Labute approximate surface area is 185 Å². The normalized spacial score (nSPS) is 25.9. The highest BCUT2D eigenvalue weighted by Crippen LogP contribution is 2.40. The number of carboxylic acids is 1. The molecule has 2 aliphatic rings. The van der Waals surface area contributed by atoms with Crippen LogP contribution in [0.1, 0.15) is 66.9 Å². The monoisotopic (exact) mass is 418 g/mol. The molecule has 0 amide bonds. The average Bonchev–Trinajstić information content (AvgIpc) is 3.56. The van der Waals surface area contributed by atoms with E-state index < -0.39 is 5.97 Å². The second-order valence-electron chi connectivity index (χ2n) is 9.03. The van der Waals surface area contributed by atoms with Crippen LogP contribution in [0.5, 0.6) is 0 Å². The van der Waals surface area contributed by atoms with Crippen LogP contribution in [-0.2, 0) is 6.54 Å². The van der Waals surface area contributed by atoms with Crippen molar-refractivity contribution in [1.82, 2.24) is 10.6 Å². The number of carbonyl (C=O) groups is 1. The van der Waals surface area contributed by atoms with Gasteiger partial charge in [-0.2, -0.15) is 0 Å². The largest absolute Gasteiger partial charge is 0.478 e. The van der Waals surface area contributed by atoms with E-state index >= 15 is 0 Å². The first kappa shape index (κ1) is 21.8. The molecule has 31 heavy (non-hydrogen) atoms. The Morgan fingerprint density at radius 1 is 1.03 bits per heavy atom. The van der Waals surface area contributed by atoms with Crippen LogP contribution in [0.3, 0.4) is 0 Å². The molecule has 0 saturated heterocycles. The molecule has 4 heteroatoms. The average molecular weight is 419 g/mol. The van der Waals surface area contributed by atoms with E-state index in [1.807, 2.05) is 12.1 Å². The van der Waals surface area contributed by atoms with E-state index in [4.69, 9.17) is 5.11 Å². The maximum Gasteiger partial charge on any atom is 0.335 e. The van der Waals surface area contributed by atoms with Gasteiger partial charge < -0.3 is 15.7 Å². The Balaban J connectivity index is 1.20. The minimum atomic E-state index is -0.864. The SMILES string of the molecule is CC/C(=C\c1ccccc1)[C@@H]1C[C@H]1NC1CCC(NCc2cccc(C(=O)O)c2)CC1. The molecular weight excluding hydrogens is 384 g/mol. The van der Waals surface area contributed by atoms with E-state index in [1.54, 1.807) is 17.7 Å².